The number of isocyanates is 1. The molecule has 0 radical (unpaired) electrons. The Morgan fingerprint density at radius 3 is 2.72 bits per heavy atom. The van der Waals surface area contributed by atoms with Crippen molar-refractivity contribution in [2.45, 2.75) is 32.4 Å². The maximum absolute atomic E-state index is 13.9. The van der Waals surface area contributed by atoms with Crippen molar-refractivity contribution in [2.75, 3.05) is 13.1 Å². The maximum Gasteiger partial charge on any atom is 0.235 e. The third-order valence-electron chi connectivity index (χ3n) is 3.29. The highest BCUT2D eigenvalue weighted by Crippen LogP contribution is 2.16. The van der Waals surface area contributed by atoms with Crippen LogP contribution in [0.4, 0.5) is 4.39 Å². The average Bonchev–Trinajstić information content (AvgIpc) is 2.40. The number of rotatable bonds is 4. The number of halogens is 1. The molecule has 0 saturated carbocycles. The molecule has 4 heteroatoms. The smallest absolute Gasteiger partial charge is 0.235 e. The Bertz CT molecular complexity index is 449. The summed E-state index contributed by atoms with van der Waals surface area (Å²) in [6.07, 6.45) is 5.14. The normalized spacial score (nSPS) is 16.3. The quantitative estimate of drug-likeness (QED) is 0.606. The summed E-state index contributed by atoms with van der Waals surface area (Å²) in [5.41, 5.74) is 1.42. The molecule has 1 heterocycles. The molecule has 0 amide bonds. The molecule has 2 rings (SSSR count). The molecule has 3 nitrogen and oxygen atoms in total. The van der Waals surface area contributed by atoms with E-state index in [1.54, 1.807) is 6.07 Å². The number of hydrogen-bond donors (Lipinski definition) is 0. The summed E-state index contributed by atoms with van der Waals surface area (Å²) < 4.78 is 13.9. The first-order chi connectivity index (χ1) is 8.79. The minimum Gasteiger partial charge on any atom is -0.299 e. The molecule has 1 aromatic carbocycles. The fourth-order valence-electron chi connectivity index (χ4n) is 2.30. The zero-order valence-electron chi connectivity index (χ0n) is 10.4. The van der Waals surface area contributed by atoms with Crippen molar-refractivity contribution in [2.24, 2.45) is 4.99 Å². The summed E-state index contributed by atoms with van der Waals surface area (Å²) in [5.74, 6) is -0.209. The number of benzene rings is 1. The first kappa shape index (κ1) is 12.9. The van der Waals surface area contributed by atoms with Crippen LogP contribution < -0.4 is 0 Å². The van der Waals surface area contributed by atoms with Crippen LogP contribution in [-0.2, 0) is 17.9 Å². The molecular formula is C14H17FN2O. The zero-order chi connectivity index (χ0) is 12.8. The van der Waals surface area contributed by atoms with Crippen LogP contribution in [0.1, 0.15) is 30.4 Å². The SMILES string of the molecule is O=C=NCc1ccc(CN2CCCCC2)c(F)c1. The van der Waals surface area contributed by atoms with E-state index in [1.807, 2.05) is 6.07 Å². The van der Waals surface area contributed by atoms with E-state index >= 15 is 0 Å². The first-order valence-electron chi connectivity index (χ1n) is 6.33. The summed E-state index contributed by atoms with van der Waals surface area (Å²) >= 11 is 0. The van der Waals surface area contributed by atoms with Crippen molar-refractivity contribution in [1.29, 1.82) is 0 Å². The van der Waals surface area contributed by atoms with E-state index < -0.39 is 0 Å². The highest BCUT2D eigenvalue weighted by atomic mass is 19.1. The van der Waals surface area contributed by atoms with Gasteiger partial charge in [-0.1, -0.05) is 18.6 Å². The van der Waals surface area contributed by atoms with Crippen LogP contribution in [0, 0.1) is 5.82 Å². The molecule has 0 aliphatic carbocycles. The van der Waals surface area contributed by atoms with E-state index in [4.69, 9.17) is 0 Å². The van der Waals surface area contributed by atoms with Crippen LogP contribution in [0.2, 0.25) is 0 Å². The summed E-state index contributed by atoms with van der Waals surface area (Å²) in [5, 5.41) is 0. The highest BCUT2D eigenvalue weighted by molar-refractivity contribution is 5.34. The fraction of sp³-hybridized carbons (Fsp3) is 0.500. The van der Waals surface area contributed by atoms with Gasteiger partial charge in [0.05, 0.1) is 6.54 Å². The Balaban J connectivity index is 2.02. The second-order valence-corrected chi connectivity index (χ2v) is 4.67. The van der Waals surface area contributed by atoms with Gasteiger partial charge in [0.2, 0.25) is 6.08 Å². The summed E-state index contributed by atoms with van der Waals surface area (Å²) in [6.45, 7) is 2.97. The fourth-order valence-corrected chi connectivity index (χ4v) is 2.30. The predicted molar refractivity (Wildman–Crippen MR) is 67.4 cm³/mol. The molecule has 1 fully saturated rings. The van der Waals surface area contributed by atoms with E-state index in [-0.39, 0.29) is 12.4 Å². The Morgan fingerprint density at radius 2 is 2.06 bits per heavy atom. The number of aliphatic imine (C=N–C) groups is 1. The molecule has 0 aromatic heterocycles. The van der Waals surface area contributed by atoms with Gasteiger partial charge in [-0.3, -0.25) is 4.90 Å². The molecule has 18 heavy (non-hydrogen) atoms. The van der Waals surface area contributed by atoms with Crippen LogP contribution in [-0.4, -0.2) is 24.1 Å². The van der Waals surface area contributed by atoms with Crippen molar-refractivity contribution in [3.63, 3.8) is 0 Å². The zero-order valence-corrected chi connectivity index (χ0v) is 10.4. The molecule has 1 aromatic rings. The van der Waals surface area contributed by atoms with Gasteiger partial charge in [-0.2, -0.15) is 0 Å². The van der Waals surface area contributed by atoms with Gasteiger partial charge < -0.3 is 0 Å². The Morgan fingerprint density at radius 1 is 1.28 bits per heavy atom. The van der Waals surface area contributed by atoms with Crippen LogP contribution in [0.3, 0.4) is 0 Å². The summed E-state index contributed by atoms with van der Waals surface area (Å²) in [7, 11) is 0. The predicted octanol–water partition coefficient (Wildman–Crippen LogP) is 2.65. The van der Waals surface area contributed by atoms with Crippen LogP contribution >= 0.6 is 0 Å². The molecule has 0 bridgehead atoms. The lowest BCUT2D eigenvalue weighted by molar-refractivity contribution is 0.218. The standard InChI is InChI=1S/C14H17FN2O/c15-14-8-12(9-16-11-18)4-5-13(14)10-17-6-2-1-3-7-17/h4-5,8H,1-3,6-7,9-10H2. The molecule has 0 atom stereocenters. The van der Waals surface area contributed by atoms with Gasteiger partial charge in [0.15, 0.2) is 0 Å². The largest absolute Gasteiger partial charge is 0.299 e. The molecule has 1 saturated heterocycles. The lowest BCUT2D eigenvalue weighted by atomic mass is 10.1. The topological polar surface area (TPSA) is 32.7 Å². The van der Waals surface area contributed by atoms with E-state index in [0.29, 0.717) is 12.1 Å². The van der Waals surface area contributed by atoms with Crippen molar-refractivity contribution < 1.29 is 9.18 Å². The molecule has 0 N–H and O–H groups in total. The first-order valence-corrected chi connectivity index (χ1v) is 6.33. The third kappa shape index (κ3) is 3.49. The van der Waals surface area contributed by atoms with Gasteiger partial charge in [-0.25, -0.2) is 14.2 Å². The molecular weight excluding hydrogens is 231 g/mol. The minimum atomic E-state index is -0.209. The summed E-state index contributed by atoms with van der Waals surface area (Å²) in [6, 6.07) is 5.07. The maximum atomic E-state index is 13.9. The lowest BCUT2D eigenvalue weighted by Gasteiger charge is -2.26. The van der Waals surface area contributed by atoms with Gasteiger partial charge >= 0.3 is 0 Å². The van der Waals surface area contributed by atoms with Gasteiger partial charge in [-0.15, -0.1) is 0 Å². The number of carbonyl (C=O) groups excluding carboxylic acids is 1. The molecule has 0 unspecified atom stereocenters. The van der Waals surface area contributed by atoms with Gasteiger partial charge in [0, 0.05) is 12.1 Å². The molecule has 1 aliphatic rings. The van der Waals surface area contributed by atoms with Crippen LogP contribution in [0.25, 0.3) is 0 Å². The Labute approximate surface area is 106 Å². The van der Waals surface area contributed by atoms with Crippen molar-refractivity contribution >= 4 is 6.08 Å². The van der Waals surface area contributed by atoms with E-state index in [2.05, 4.69) is 9.89 Å². The van der Waals surface area contributed by atoms with Gasteiger partial charge in [0.25, 0.3) is 0 Å². The Kier molecular flexibility index (Phi) is 4.62. The van der Waals surface area contributed by atoms with Crippen molar-refractivity contribution in [1.82, 2.24) is 4.90 Å². The minimum absolute atomic E-state index is 0.199. The number of nitrogens with zero attached hydrogens (tertiary/aromatic N) is 2. The number of likely N-dealkylation sites (tertiary alicyclic amines) is 1. The number of hydrogen-bond acceptors (Lipinski definition) is 3. The van der Waals surface area contributed by atoms with Crippen LogP contribution in [0.5, 0.6) is 0 Å². The summed E-state index contributed by atoms with van der Waals surface area (Å²) in [4.78, 5) is 15.7. The average molecular weight is 248 g/mol. The molecule has 96 valence electrons. The van der Waals surface area contributed by atoms with Gasteiger partial charge in [0.1, 0.15) is 5.82 Å². The lowest BCUT2D eigenvalue weighted by Crippen LogP contribution is -2.29. The molecule has 1 aliphatic heterocycles. The molecule has 0 spiro atoms. The third-order valence-corrected chi connectivity index (χ3v) is 3.29. The van der Waals surface area contributed by atoms with E-state index in [1.165, 1.54) is 31.4 Å². The van der Waals surface area contributed by atoms with Crippen molar-refractivity contribution in [3.8, 4) is 0 Å². The van der Waals surface area contributed by atoms with E-state index in [9.17, 15) is 9.18 Å². The number of piperidine rings is 1. The second-order valence-electron chi connectivity index (χ2n) is 4.67. The monoisotopic (exact) mass is 248 g/mol. The second kappa shape index (κ2) is 6.43. The Hall–Kier alpha value is -1.51. The highest BCUT2D eigenvalue weighted by Gasteiger charge is 2.12. The van der Waals surface area contributed by atoms with Crippen LogP contribution in [0.15, 0.2) is 23.2 Å². The van der Waals surface area contributed by atoms with Gasteiger partial charge in [-0.05, 0) is 37.6 Å². The van der Waals surface area contributed by atoms with E-state index in [0.717, 1.165) is 18.7 Å². The van der Waals surface area contributed by atoms with Crippen molar-refractivity contribution in [3.05, 3.63) is 35.1 Å².